The van der Waals surface area contributed by atoms with Gasteiger partial charge in [0, 0.05) is 18.2 Å². The Labute approximate surface area is 148 Å². The molecule has 126 valence electrons. The Morgan fingerprint density at radius 1 is 0.760 bits per heavy atom. The van der Waals surface area contributed by atoms with Gasteiger partial charge in [-0.25, -0.2) is 4.79 Å². The van der Waals surface area contributed by atoms with Gasteiger partial charge >= 0.3 is 6.09 Å². The standard InChI is InChI=1S/C22H21NO2/c24-22(25)23(20-14-8-3-9-15-20)17-16-21(18-10-4-1-5-11-18)19-12-6-2-7-13-19/h1-15,21H,16-17H2,(H,24,25). The van der Waals surface area contributed by atoms with Gasteiger partial charge in [0.05, 0.1) is 0 Å². The van der Waals surface area contributed by atoms with E-state index in [1.807, 2.05) is 66.7 Å². The molecule has 0 atom stereocenters. The van der Waals surface area contributed by atoms with Crippen molar-refractivity contribution < 1.29 is 9.90 Å². The summed E-state index contributed by atoms with van der Waals surface area (Å²) in [6.07, 6.45) is -0.207. The Hall–Kier alpha value is -3.07. The zero-order valence-electron chi connectivity index (χ0n) is 14.0. The molecular weight excluding hydrogens is 310 g/mol. The van der Waals surface area contributed by atoms with Crippen molar-refractivity contribution in [2.45, 2.75) is 12.3 Å². The van der Waals surface area contributed by atoms with Crippen molar-refractivity contribution in [3.05, 3.63) is 102 Å². The van der Waals surface area contributed by atoms with Crippen LogP contribution in [0.4, 0.5) is 10.5 Å². The molecule has 1 N–H and O–H groups in total. The maximum absolute atomic E-state index is 11.7. The third kappa shape index (κ3) is 4.27. The van der Waals surface area contributed by atoms with Crippen LogP contribution in [0.1, 0.15) is 23.5 Å². The van der Waals surface area contributed by atoms with Crippen LogP contribution in [-0.4, -0.2) is 17.7 Å². The lowest BCUT2D eigenvalue weighted by atomic mass is 9.88. The van der Waals surface area contributed by atoms with Crippen LogP contribution in [-0.2, 0) is 0 Å². The molecule has 0 fully saturated rings. The highest BCUT2D eigenvalue weighted by Crippen LogP contribution is 2.29. The van der Waals surface area contributed by atoms with Gasteiger partial charge in [-0.1, -0.05) is 78.9 Å². The van der Waals surface area contributed by atoms with Crippen LogP contribution in [0.5, 0.6) is 0 Å². The van der Waals surface area contributed by atoms with Crippen LogP contribution >= 0.6 is 0 Å². The summed E-state index contributed by atoms with van der Waals surface area (Å²) in [4.78, 5) is 13.1. The monoisotopic (exact) mass is 331 g/mol. The smallest absolute Gasteiger partial charge is 0.411 e. The predicted octanol–water partition coefficient (Wildman–Crippen LogP) is 5.39. The van der Waals surface area contributed by atoms with Crippen LogP contribution in [0.2, 0.25) is 0 Å². The molecule has 0 radical (unpaired) electrons. The number of rotatable bonds is 6. The Kier molecular flexibility index (Phi) is 5.47. The molecule has 0 aromatic heterocycles. The molecule has 0 bridgehead atoms. The van der Waals surface area contributed by atoms with Crippen molar-refractivity contribution in [3.8, 4) is 0 Å². The maximum atomic E-state index is 11.7. The van der Waals surface area contributed by atoms with Crippen molar-refractivity contribution in [2.24, 2.45) is 0 Å². The molecule has 0 unspecified atom stereocenters. The molecule has 1 amide bonds. The average molecular weight is 331 g/mol. The normalized spacial score (nSPS) is 10.6. The second kappa shape index (κ2) is 8.15. The molecule has 3 nitrogen and oxygen atoms in total. The number of benzene rings is 3. The quantitative estimate of drug-likeness (QED) is 0.657. The lowest BCUT2D eigenvalue weighted by Crippen LogP contribution is -2.31. The molecule has 3 heteroatoms. The van der Waals surface area contributed by atoms with E-state index < -0.39 is 6.09 Å². The number of carbonyl (C=O) groups is 1. The Morgan fingerprint density at radius 2 is 1.20 bits per heavy atom. The van der Waals surface area contributed by atoms with E-state index in [1.165, 1.54) is 16.0 Å². The molecule has 3 aromatic rings. The van der Waals surface area contributed by atoms with Gasteiger partial charge in [0.15, 0.2) is 0 Å². The summed E-state index contributed by atoms with van der Waals surface area (Å²) in [6, 6.07) is 29.8. The summed E-state index contributed by atoms with van der Waals surface area (Å²) in [5, 5.41) is 9.61. The van der Waals surface area contributed by atoms with Crippen LogP contribution in [0.15, 0.2) is 91.0 Å². The fourth-order valence-electron chi connectivity index (χ4n) is 3.10. The number of para-hydroxylation sites is 1. The van der Waals surface area contributed by atoms with Crippen LogP contribution in [0, 0.1) is 0 Å². The maximum Gasteiger partial charge on any atom is 0.411 e. The molecule has 0 spiro atoms. The van der Waals surface area contributed by atoms with Crippen molar-refractivity contribution >= 4 is 11.8 Å². The van der Waals surface area contributed by atoms with Crippen molar-refractivity contribution in [1.82, 2.24) is 0 Å². The number of amides is 1. The molecule has 3 rings (SSSR count). The number of hydrogen-bond acceptors (Lipinski definition) is 1. The highest BCUT2D eigenvalue weighted by atomic mass is 16.4. The minimum Gasteiger partial charge on any atom is -0.465 e. The number of carboxylic acid groups (broad SMARTS) is 1. The number of hydrogen-bond donors (Lipinski definition) is 1. The highest BCUT2D eigenvalue weighted by molar-refractivity contribution is 5.85. The first-order valence-corrected chi connectivity index (χ1v) is 8.41. The van der Waals surface area contributed by atoms with Crippen molar-refractivity contribution in [3.63, 3.8) is 0 Å². The zero-order valence-corrected chi connectivity index (χ0v) is 14.0. The second-order valence-corrected chi connectivity index (χ2v) is 5.93. The number of anilines is 1. The van der Waals surface area contributed by atoms with E-state index in [0.717, 1.165) is 6.42 Å². The molecule has 0 aliphatic heterocycles. The first kappa shape index (κ1) is 16.8. The molecule has 0 heterocycles. The van der Waals surface area contributed by atoms with Gasteiger partial charge in [0.1, 0.15) is 0 Å². The predicted molar refractivity (Wildman–Crippen MR) is 101 cm³/mol. The largest absolute Gasteiger partial charge is 0.465 e. The molecule has 0 saturated carbocycles. The average Bonchev–Trinajstić information content (AvgIpc) is 2.67. The van der Waals surface area contributed by atoms with Gasteiger partial charge in [-0.05, 0) is 29.7 Å². The lowest BCUT2D eigenvalue weighted by Gasteiger charge is -2.24. The van der Waals surface area contributed by atoms with Gasteiger partial charge < -0.3 is 5.11 Å². The molecule has 0 aliphatic carbocycles. The van der Waals surface area contributed by atoms with Gasteiger partial charge in [-0.3, -0.25) is 4.90 Å². The van der Waals surface area contributed by atoms with Crippen LogP contribution < -0.4 is 4.90 Å². The summed E-state index contributed by atoms with van der Waals surface area (Å²) in [6.45, 7) is 0.438. The molecule has 0 saturated heterocycles. The minimum absolute atomic E-state index is 0.160. The van der Waals surface area contributed by atoms with Crippen LogP contribution in [0.25, 0.3) is 0 Å². The molecule has 0 aliphatic rings. The second-order valence-electron chi connectivity index (χ2n) is 5.93. The minimum atomic E-state index is -0.925. The van der Waals surface area contributed by atoms with E-state index in [0.29, 0.717) is 12.2 Å². The first-order chi connectivity index (χ1) is 12.3. The molecule has 25 heavy (non-hydrogen) atoms. The third-order valence-corrected chi connectivity index (χ3v) is 4.34. The molecule has 3 aromatic carbocycles. The Morgan fingerprint density at radius 3 is 1.64 bits per heavy atom. The Bertz CT molecular complexity index is 749. The Balaban J connectivity index is 1.84. The van der Waals surface area contributed by atoms with E-state index in [4.69, 9.17) is 0 Å². The van der Waals surface area contributed by atoms with E-state index in [2.05, 4.69) is 24.3 Å². The summed E-state index contributed by atoms with van der Waals surface area (Å²) in [7, 11) is 0. The van der Waals surface area contributed by atoms with Crippen molar-refractivity contribution in [2.75, 3.05) is 11.4 Å². The summed E-state index contributed by atoms with van der Waals surface area (Å²) >= 11 is 0. The van der Waals surface area contributed by atoms with E-state index in [1.54, 1.807) is 0 Å². The summed E-state index contributed by atoms with van der Waals surface area (Å²) in [5.41, 5.74) is 3.11. The topological polar surface area (TPSA) is 40.5 Å². The van der Waals surface area contributed by atoms with Crippen LogP contribution in [0.3, 0.4) is 0 Å². The van der Waals surface area contributed by atoms with Gasteiger partial charge in [-0.2, -0.15) is 0 Å². The van der Waals surface area contributed by atoms with Crippen molar-refractivity contribution in [1.29, 1.82) is 0 Å². The fourth-order valence-corrected chi connectivity index (χ4v) is 3.10. The first-order valence-electron chi connectivity index (χ1n) is 8.41. The van der Waals surface area contributed by atoms with E-state index >= 15 is 0 Å². The summed E-state index contributed by atoms with van der Waals surface area (Å²) in [5.74, 6) is 0.160. The van der Waals surface area contributed by atoms with Gasteiger partial charge in [-0.15, -0.1) is 0 Å². The lowest BCUT2D eigenvalue weighted by molar-refractivity contribution is 0.201. The number of nitrogens with zero attached hydrogens (tertiary/aromatic N) is 1. The van der Waals surface area contributed by atoms with E-state index in [9.17, 15) is 9.90 Å². The fraction of sp³-hybridized carbons (Fsp3) is 0.136. The highest BCUT2D eigenvalue weighted by Gasteiger charge is 2.19. The zero-order chi connectivity index (χ0) is 17.5. The molecular formula is C22H21NO2. The summed E-state index contributed by atoms with van der Waals surface area (Å²) < 4.78 is 0. The van der Waals surface area contributed by atoms with Gasteiger partial charge in [0.25, 0.3) is 0 Å². The third-order valence-electron chi connectivity index (χ3n) is 4.34. The van der Waals surface area contributed by atoms with E-state index in [-0.39, 0.29) is 5.92 Å². The van der Waals surface area contributed by atoms with Gasteiger partial charge in [0.2, 0.25) is 0 Å². The SMILES string of the molecule is O=C(O)N(CCC(c1ccccc1)c1ccccc1)c1ccccc1.